The summed E-state index contributed by atoms with van der Waals surface area (Å²) in [5.74, 6) is 0. The van der Waals surface area contributed by atoms with Crippen molar-refractivity contribution in [3.63, 3.8) is 0 Å². The van der Waals surface area contributed by atoms with Gasteiger partial charge in [0.2, 0.25) is 0 Å². The molecule has 0 aromatic rings. The minimum atomic E-state index is -0.213. The summed E-state index contributed by atoms with van der Waals surface area (Å²) in [4.78, 5) is 4.76. The second kappa shape index (κ2) is 5.13. The lowest BCUT2D eigenvalue weighted by molar-refractivity contribution is -0.0238. The monoisotopic (exact) mass is 223 g/mol. The smallest absolute Gasteiger partial charge is 0.111 e. The molecule has 90 valence electrons. The summed E-state index contributed by atoms with van der Waals surface area (Å²) >= 11 is 0. The van der Waals surface area contributed by atoms with Crippen molar-refractivity contribution in [1.29, 1.82) is 5.26 Å². The molecule has 0 N–H and O–H groups in total. The Morgan fingerprint density at radius 2 is 1.81 bits per heavy atom. The molecule has 0 atom stereocenters. The number of nitrogens with zero attached hydrogens (tertiary/aromatic N) is 3. The topological polar surface area (TPSA) is 39.5 Å². The van der Waals surface area contributed by atoms with Gasteiger partial charge in [0.05, 0.1) is 19.3 Å². The van der Waals surface area contributed by atoms with Crippen LogP contribution in [0, 0.1) is 11.3 Å². The SMILES string of the molecule is CCN1CCC(C#N)(N2CCOCC2)CC1. The Bertz CT molecular complexity index is 260. The maximum Gasteiger partial charge on any atom is 0.111 e. The van der Waals surface area contributed by atoms with Gasteiger partial charge in [0.1, 0.15) is 5.54 Å². The summed E-state index contributed by atoms with van der Waals surface area (Å²) < 4.78 is 5.36. The molecule has 0 aromatic heterocycles. The molecule has 0 spiro atoms. The summed E-state index contributed by atoms with van der Waals surface area (Å²) in [5.41, 5.74) is -0.213. The van der Waals surface area contributed by atoms with Crippen molar-refractivity contribution < 1.29 is 4.74 Å². The highest BCUT2D eigenvalue weighted by atomic mass is 16.5. The first-order valence-corrected chi connectivity index (χ1v) is 6.27. The van der Waals surface area contributed by atoms with E-state index in [0.717, 1.165) is 58.8 Å². The van der Waals surface area contributed by atoms with Gasteiger partial charge in [0.25, 0.3) is 0 Å². The zero-order valence-electron chi connectivity index (χ0n) is 10.1. The lowest BCUT2D eigenvalue weighted by Crippen LogP contribution is -2.57. The van der Waals surface area contributed by atoms with Crippen LogP contribution in [0.2, 0.25) is 0 Å². The van der Waals surface area contributed by atoms with E-state index < -0.39 is 0 Å². The number of rotatable bonds is 2. The Morgan fingerprint density at radius 3 is 2.31 bits per heavy atom. The van der Waals surface area contributed by atoms with Gasteiger partial charge in [-0.1, -0.05) is 6.92 Å². The Hall–Kier alpha value is -0.630. The van der Waals surface area contributed by atoms with E-state index in [1.165, 1.54) is 0 Å². The van der Waals surface area contributed by atoms with E-state index >= 15 is 0 Å². The minimum Gasteiger partial charge on any atom is -0.379 e. The molecule has 0 amide bonds. The van der Waals surface area contributed by atoms with Crippen molar-refractivity contribution in [2.24, 2.45) is 0 Å². The molecule has 0 unspecified atom stereocenters. The van der Waals surface area contributed by atoms with Gasteiger partial charge in [-0.05, 0) is 19.4 Å². The van der Waals surface area contributed by atoms with Crippen LogP contribution in [-0.4, -0.2) is 61.3 Å². The van der Waals surface area contributed by atoms with Crippen molar-refractivity contribution in [3.8, 4) is 6.07 Å². The number of piperidine rings is 1. The molecule has 0 bridgehead atoms. The van der Waals surface area contributed by atoms with E-state index in [0.29, 0.717) is 0 Å². The first-order chi connectivity index (χ1) is 7.80. The summed E-state index contributed by atoms with van der Waals surface area (Å²) in [5, 5.41) is 9.50. The van der Waals surface area contributed by atoms with Crippen LogP contribution >= 0.6 is 0 Å². The third-order valence-electron chi connectivity index (χ3n) is 3.95. The fourth-order valence-electron chi connectivity index (χ4n) is 2.73. The predicted molar refractivity (Wildman–Crippen MR) is 62.1 cm³/mol. The van der Waals surface area contributed by atoms with Gasteiger partial charge in [-0.25, -0.2) is 0 Å². The van der Waals surface area contributed by atoms with Crippen LogP contribution in [0.4, 0.5) is 0 Å². The van der Waals surface area contributed by atoms with Crippen LogP contribution in [-0.2, 0) is 4.74 Å². The number of nitriles is 1. The largest absolute Gasteiger partial charge is 0.379 e. The standard InChI is InChI=1S/C12H21N3O/c1-2-14-5-3-12(11-13,4-6-14)15-7-9-16-10-8-15/h2-10H2,1H3. The summed E-state index contributed by atoms with van der Waals surface area (Å²) in [6.45, 7) is 8.79. The van der Waals surface area contributed by atoms with E-state index in [9.17, 15) is 5.26 Å². The third kappa shape index (κ3) is 2.22. The van der Waals surface area contributed by atoms with E-state index in [4.69, 9.17) is 4.74 Å². The van der Waals surface area contributed by atoms with Gasteiger partial charge in [-0.15, -0.1) is 0 Å². The van der Waals surface area contributed by atoms with Gasteiger partial charge in [0, 0.05) is 26.2 Å². The van der Waals surface area contributed by atoms with Crippen molar-refractivity contribution in [3.05, 3.63) is 0 Å². The number of hydrogen-bond acceptors (Lipinski definition) is 4. The Kier molecular flexibility index (Phi) is 3.80. The number of hydrogen-bond donors (Lipinski definition) is 0. The van der Waals surface area contributed by atoms with Crippen LogP contribution in [0.3, 0.4) is 0 Å². The lowest BCUT2D eigenvalue weighted by Gasteiger charge is -2.45. The van der Waals surface area contributed by atoms with Crippen molar-refractivity contribution in [2.75, 3.05) is 45.9 Å². The molecule has 2 saturated heterocycles. The average Bonchev–Trinajstić information content (AvgIpc) is 2.40. The summed E-state index contributed by atoms with van der Waals surface area (Å²) in [6, 6.07) is 2.58. The highest BCUT2D eigenvalue weighted by Gasteiger charge is 2.40. The zero-order valence-corrected chi connectivity index (χ0v) is 10.1. The number of morpholine rings is 1. The van der Waals surface area contributed by atoms with Crippen molar-refractivity contribution in [2.45, 2.75) is 25.3 Å². The quantitative estimate of drug-likeness (QED) is 0.691. The average molecular weight is 223 g/mol. The van der Waals surface area contributed by atoms with E-state index in [2.05, 4.69) is 22.8 Å². The molecule has 16 heavy (non-hydrogen) atoms. The maximum absolute atomic E-state index is 9.50. The second-order valence-electron chi connectivity index (χ2n) is 4.68. The Labute approximate surface area is 97.8 Å². The van der Waals surface area contributed by atoms with Crippen molar-refractivity contribution in [1.82, 2.24) is 9.80 Å². The maximum atomic E-state index is 9.50. The van der Waals surface area contributed by atoms with Crippen LogP contribution in [0.25, 0.3) is 0 Å². The normalized spacial score (nSPS) is 27.5. The van der Waals surface area contributed by atoms with Gasteiger partial charge in [0.15, 0.2) is 0 Å². The molecule has 0 saturated carbocycles. The number of ether oxygens (including phenoxy) is 1. The molecular weight excluding hydrogens is 202 g/mol. The minimum absolute atomic E-state index is 0.213. The molecule has 2 fully saturated rings. The van der Waals surface area contributed by atoms with Crippen LogP contribution < -0.4 is 0 Å². The first-order valence-electron chi connectivity index (χ1n) is 6.27. The third-order valence-corrected chi connectivity index (χ3v) is 3.95. The van der Waals surface area contributed by atoms with E-state index in [1.807, 2.05) is 0 Å². The molecule has 4 heteroatoms. The molecule has 4 nitrogen and oxygen atoms in total. The molecule has 0 aliphatic carbocycles. The molecule has 0 radical (unpaired) electrons. The van der Waals surface area contributed by atoms with Gasteiger partial charge in [-0.2, -0.15) is 5.26 Å². The van der Waals surface area contributed by atoms with Gasteiger partial charge < -0.3 is 9.64 Å². The fourth-order valence-corrected chi connectivity index (χ4v) is 2.73. The Morgan fingerprint density at radius 1 is 1.19 bits per heavy atom. The number of likely N-dealkylation sites (tertiary alicyclic amines) is 1. The van der Waals surface area contributed by atoms with Gasteiger partial charge >= 0.3 is 0 Å². The molecule has 2 rings (SSSR count). The van der Waals surface area contributed by atoms with Crippen molar-refractivity contribution >= 4 is 0 Å². The van der Waals surface area contributed by atoms with E-state index in [1.54, 1.807) is 0 Å². The fraction of sp³-hybridized carbons (Fsp3) is 0.917. The first kappa shape index (κ1) is 11.8. The van der Waals surface area contributed by atoms with Crippen LogP contribution in [0.15, 0.2) is 0 Å². The molecule has 2 aliphatic rings. The van der Waals surface area contributed by atoms with Gasteiger partial charge in [-0.3, -0.25) is 4.90 Å². The highest BCUT2D eigenvalue weighted by molar-refractivity contribution is 5.11. The lowest BCUT2D eigenvalue weighted by atomic mass is 9.86. The van der Waals surface area contributed by atoms with Crippen LogP contribution in [0.5, 0.6) is 0 Å². The van der Waals surface area contributed by atoms with E-state index in [-0.39, 0.29) is 5.54 Å². The Balaban J connectivity index is 2.00. The summed E-state index contributed by atoms with van der Waals surface area (Å²) in [7, 11) is 0. The molecule has 2 aliphatic heterocycles. The second-order valence-corrected chi connectivity index (χ2v) is 4.68. The zero-order chi connectivity index (χ0) is 11.4. The van der Waals surface area contributed by atoms with Crippen LogP contribution in [0.1, 0.15) is 19.8 Å². The summed E-state index contributed by atoms with van der Waals surface area (Å²) in [6.07, 6.45) is 1.97. The molecule has 2 heterocycles. The molecule has 0 aromatic carbocycles. The predicted octanol–water partition coefficient (Wildman–Crippen LogP) is 0.697. The highest BCUT2D eigenvalue weighted by Crippen LogP contribution is 2.28. The molecular formula is C12H21N3O.